The lowest BCUT2D eigenvalue weighted by atomic mass is 9.97. The maximum absolute atomic E-state index is 11.9. The van der Waals surface area contributed by atoms with Gasteiger partial charge in [0.25, 0.3) is 0 Å². The Morgan fingerprint density at radius 2 is 2.20 bits per heavy atom. The van der Waals surface area contributed by atoms with Crippen molar-refractivity contribution in [2.24, 2.45) is 0 Å². The Labute approximate surface area is 116 Å². The highest BCUT2D eigenvalue weighted by atomic mass is 16.5. The molecule has 0 spiro atoms. The molecule has 1 fully saturated rings. The topological polar surface area (TPSA) is 76.1 Å². The first-order valence-corrected chi connectivity index (χ1v) is 6.37. The third kappa shape index (κ3) is 2.46. The summed E-state index contributed by atoms with van der Waals surface area (Å²) in [5, 5.41) is 9.33. The van der Waals surface area contributed by atoms with Crippen LogP contribution in [-0.4, -0.2) is 48.2 Å². The fourth-order valence-electron chi connectivity index (χ4n) is 2.47. The second kappa shape index (κ2) is 5.92. The monoisotopic (exact) mass is 279 g/mol. The molecule has 6 nitrogen and oxygen atoms in total. The summed E-state index contributed by atoms with van der Waals surface area (Å²) < 4.78 is 10.5. The van der Waals surface area contributed by atoms with Crippen LogP contribution in [0.25, 0.3) is 0 Å². The van der Waals surface area contributed by atoms with Crippen LogP contribution in [0.3, 0.4) is 0 Å². The van der Waals surface area contributed by atoms with Crippen LogP contribution in [-0.2, 0) is 14.3 Å². The number of carbonyl (C=O) groups is 2. The maximum atomic E-state index is 11.9. The molecule has 108 valence electrons. The smallest absolute Gasteiger partial charge is 0.335 e. The van der Waals surface area contributed by atoms with Gasteiger partial charge in [-0.3, -0.25) is 4.79 Å². The minimum absolute atomic E-state index is 0.212. The lowest BCUT2D eigenvalue weighted by molar-refractivity contribution is -0.172. The van der Waals surface area contributed by atoms with Crippen LogP contribution in [0.2, 0.25) is 0 Å². The largest absolute Gasteiger partial charge is 0.496 e. The highest BCUT2D eigenvalue weighted by Gasteiger charge is 2.42. The highest BCUT2D eigenvalue weighted by Crippen LogP contribution is 2.35. The predicted molar refractivity (Wildman–Crippen MR) is 70.5 cm³/mol. The van der Waals surface area contributed by atoms with Crippen LogP contribution in [0.5, 0.6) is 5.75 Å². The van der Waals surface area contributed by atoms with E-state index in [2.05, 4.69) is 0 Å². The first kappa shape index (κ1) is 14.3. The van der Waals surface area contributed by atoms with Crippen LogP contribution >= 0.6 is 0 Å². The Bertz CT molecular complexity index is 514. The first-order chi connectivity index (χ1) is 9.60. The van der Waals surface area contributed by atoms with Gasteiger partial charge in [-0.15, -0.1) is 0 Å². The van der Waals surface area contributed by atoms with Crippen LogP contribution in [0.1, 0.15) is 18.5 Å². The van der Waals surface area contributed by atoms with Gasteiger partial charge in [-0.25, -0.2) is 4.79 Å². The summed E-state index contributed by atoms with van der Waals surface area (Å²) in [7, 11) is 1.51. The number of hydrogen-bond donors (Lipinski definition) is 1. The molecular formula is C14H17NO5. The highest BCUT2D eigenvalue weighted by molar-refractivity contribution is 5.83. The van der Waals surface area contributed by atoms with Crippen molar-refractivity contribution in [3.05, 3.63) is 29.8 Å². The Morgan fingerprint density at radius 1 is 1.50 bits per heavy atom. The van der Waals surface area contributed by atoms with Crippen molar-refractivity contribution in [1.29, 1.82) is 0 Å². The number of benzene rings is 1. The standard InChI is InChI=1S/C14H17NO5/c1-3-15-11(16)8-20-13(14(17)18)12(15)9-6-4-5-7-10(9)19-2/h4-7,12-13H,3,8H2,1-2H3,(H,17,18). The van der Waals surface area contributed by atoms with E-state index in [-0.39, 0.29) is 12.5 Å². The Kier molecular flexibility index (Phi) is 4.24. The number of rotatable bonds is 4. The second-order valence-corrected chi connectivity index (χ2v) is 4.44. The van der Waals surface area contributed by atoms with Gasteiger partial charge in [0, 0.05) is 12.1 Å². The molecule has 1 heterocycles. The number of hydrogen-bond acceptors (Lipinski definition) is 4. The van der Waals surface area contributed by atoms with Crippen molar-refractivity contribution in [1.82, 2.24) is 4.90 Å². The second-order valence-electron chi connectivity index (χ2n) is 4.44. The summed E-state index contributed by atoms with van der Waals surface area (Å²) in [4.78, 5) is 24.9. The zero-order valence-electron chi connectivity index (χ0n) is 11.4. The zero-order valence-corrected chi connectivity index (χ0v) is 11.4. The zero-order chi connectivity index (χ0) is 14.7. The minimum Gasteiger partial charge on any atom is -0.496 e. The Morgan fingerprint density at radius 3 is 2.80 bits per heavy atom. The Balaban J connectivity index is 2.49. The van der Waals surface area contributed by atoms with Crippen LogP contribution in [0.4, 0.5) is 0 Å². The van der Waals surface area contributed by atoms with Gasteiger partial charge in [-0.1, -0.05) is 18.2 Å². The number of carbonyl (C=O) groups excluding carboxylic acids is 1. The fraction of sp³-hybridized carbons (Fsp3) is 0.429. The quantitative estimate of drug-likeness (QED) is 0.892. The summed E-state index contributed by atoms with van der Waals surface area (Å²) in [6.07, 6.45) is -1.09. The molecule has 1 saturated heterocycles. The molecule has 0 radical (unpaired) electrons. The van der Waals surface area contributed by atoms with Crippen LogP contribution in [0, 0.1) is 0 Å². The van der Waals surface area contributed by atoms with Crippen molar-refractivity contribution >= 4 is 11.9 Å². The molecule has 1 aromatic rings. The van der Waals surface area contributed by atoms with E-state index in [0.29, 0.717) is 17.9 Å². The van der Waals surface area contributed by atoms with E-state index in [1.165, 1.54) is 12.0 Å². The molecule has 0 bridgehead atoms. The first-order valence-electron chi connectivity index (χ1n) is 6.37. The number of carboxylic acids is 1. The van der Waals surface area contributed by atoms with E-state index in [1.54, 1.807) is 24.3 Å². The third-order valence-corrected chi connectivity index (χ3v) is 3.37. The molecule has 6 heteroatoms. The maximum Gasteiger partial charge on any atom is 0.335 e. The average Bonchev–Trinajstić information content (AvgIpc) is 2.46. The number of ether oxygens (including phenoxy) is 2. The summed E-state index contributed by atoms with van der Waals surface area (Å²) in [5.41, 5.74) is 0.636. The van der Waals surface area contributed by atoms with Crippen molar-refractivity contribution < 1.29 is 24.2 Å². The molecule has 1 amide bonds. The van der Waals surface area contributed by atoms with E-state index in [1.807, 2.05) is 6.92 Å². The molecule has 20 heavy (non-hydrogen) atoms. The number of morpholine rings is 1. The summed E-state index contributed by atoms with van der Waals surface area (Å²) in [5.74, 6) is -0.770. The fourth-order valence-corrected chi connectivity index (χ4v) is 2.47. The summed E-state index contributed by atoms with van der Waals surface area (Å²) in [6, 6.07) is 6.38. The van der Waals surface area contributed by atoms with E-state index in [0.717, 1.165) is 0 Å². The summed E-state index contributed by atoms with van der Waals surface area (Å²) in [6.45, 7) is 2.01. The normalized spacial score (nSPS) is 22.7. The number of para-hydroxylation sites is 1. The van der Waals surface area contributed by atoms with Gasteiger partial charge in [-0.2, -0.15) is 0 Å². The average molecular weight is 279 g/mol. The van der Waals surface area contributed by atoms with Crippen molar-refractivity contribution in [3.63, 3.8) is 0 Å². The molecular weight excluding hydrogens is 262 g/mol. The predicted octanol–water partition coefficient (Wildman–Crippen LogP) is 1.07. The molecule has 1 aliphatic heterocycles. The van der Waals surface area contributed by atoms with E-state index in [9.17, 15) is 14.7 Å². The lowest BCUT2D eigenvalue weighted by Gasteiger charge is -2.39. The van der Waals surface area contributed by atoms with E-state index < -0.39 is 18.1 Å². The van der Waals surface area contributed by atoms with Gasteiger partial charge in [0.1, 0.15) is 12.4 Å². The molecule has 1 aromatic carbocycles. The Hall–Kier alpha value is -2.08. The van der Waals surface area contributed by atoms with Crippen molar-refractivity contribution in [2.45, 2.75) is 19.1 Å². The molecule has 0 aliphatic carbocycles. The minimum atomic E-state index is -1.09. The SMILES string of the molecule is CCN1C(=O)COC(C(=O)O)C1c1ccccc1OC. The van der Waals surface area contributed by atoms with Crippen molar-refractivity contribution in [2.75, 3.05) is 20.3 Å². The van der Waals surface area contributed by atoms with Crippen LogP contribution in [0.15, 0.2) is 24.3 Å². The molecule has 1 aliphatic rings. The number of carboxylic acid groups (broad SMARTS) is 1. The number of amides is 1. The van der Waals surface area contributed by atoms with Gasteiger partial charge < -0.3 is 19.5 Å². The molecule has 1 N–H and O–H groups in total. The third-order valence-electron chi connectivity index (χ3n) is 3.37. The van der Waals surface area contributed by atoms with E-state index in [4.69, 9.17) is 9.47 Å². The molecule has 0 aromatic heterocycles. The number of aliphatic carboxylic acids is 1. The van der Waals surface area contributed by atoms with Crippen LogP contribution < -0.4 is 4.74 Å². The van der Waals surface area contributed by atoms with Crippen molar-refractivity contribution in [3.8, 4) is 5.75 Å². The summed E-state index contributed by atoms with van der Waals surface area (Å²) >= 11 is 0. The van der Waals surface area contributed by atoms with Gasteiger partial charge in [0.05, 0.1) is 13.2 Å². The number of methoxy groups -OCH3 is 1. The molecule has 2 rings (SSSR count). The molecule has 0 saturated carbocycles. The van der Waals surface area contributed by atoms with Gasteiger partial charge >= 0.3 is 5.97 Å². The molecule has 2 unspecified atom stereocenters. The van der Waals surface area contributed by atoms with E-state index >= 15 is 0 Å². The van der Waals surface area contributed by atoms with Gasteiger partial charge in [0.2, 0.25) is 5.91 Å². The van der Waals surface area contributed by atoms with Gasteiger partial charge in [-0.05, 0) is 13.0 Å². The number of nitrogens with zero attached hydrogens (tertiary/aromatic N) is 1. The number of likely N-dealkylation sites (N-methyl/N-ethyl adjacent to an activating group) is 1. The molecule has 2 atom stereocenters. The van der Waals surface area contributed by atoms with Gasteiger partial charge in [0.15, 0.2) is 6.10 Å². The lowest BCUT2D eigenvalue weighted by Crippen LogP contribution is -2.51.